The summed E-state index contributed by atoms with van der Waals surface area (Å²) in [6, 6.07) is 7.16. The highest BCUT2D eigenvalue weighted by Gasteiger charge is 2.12. The van der Waals surface area contributed by atoms with Crippen LogP contribution in [-0.2, 0) is 6.54 Å². The van der Waals surface area contributed by atoms with E-state index in [1.165, 1.54) is 38.5 Å². The van der Waals surface area contributed by atoms with Gasteiger partial charge in [0.25, 0.3) is 0 Å². The number of carbonyl (C=O) groups is 1. The molecule has 1 aromatic rings. The molecular weight excluding hydrogens is 238 g/mol. The van der Waals surface area contributed by atoms with E-state index in [1.54, 1.807) is 12.1 Å². The van der Waals surface area contributed by atoms with Crippen molar-refractivity contribution in [3.05, 3.63) is 35.4 Å². The molecule has 2 N–H and O–H groups in total. The first-order valence-corrected chi connectivity index (χ1v) is 7.28. The summed E-state index contributed by atoms with van der Waals surface area (Å²) < 4.78 is 0. The highest BCUT2D eigenvalue weighted by atomic mass is 16.4. The SMILES string of the molecule is O=C(O)c1cccc(CNCCC2CCCCC2)c1. The third-order valence-electron chi connectivity index (χ3n) is 3.96. The average Bonchev–Trinajstić information content (AvgIpc) is 2.45. The van der Waals surface area contributed by atoms with Gasteiger partial charge in [0.2, 0.25) is 0 Å². The fraction of sp³-hybridized carbons (Fsp3) is 0.562. The molecule has 0 spiro atoms. The molecule has 1 aliphatic carbocycles. The van der Waals surface area contributed by atoms with Gasteiger partial charge in [0, 0.05) is 6.54 Å². The minimum absolute atomic E-state index is 0.367. The molecule has 0 atom stereocenters. The standard InChI is InChI=1S/C16H23NO2/c18-16(19)15-8-4-7-14(11-15)12-17-10-9-13-5-2-1-3-6-13/h4,7-8,11,13,17H,1-3,5-6,9-10,12H2,(H,18,19). The summed E-state index contributed by atoms with van der Waals surface area (Å²) in [4.78, 5) is 10.9. The molecule has 104 valence electrons. The van der Waals surface area contributed by atoms with Crippen LogP contribution in [0.15, 0.2) is 24.3 Å². The van der Waals surface area contributed by atoms with Crippen LogP contribution in [0.1, 0.15) is 54.4 Å². The van der Waals surface area contributed by atoms with Crippen molar-refractivity contribution in [1.29, 1.82) is 0 Å². The average molecular weight is 261 g/mol. The van der Waals surface area contributed by atoms with Gasteiger partial charge in [-0.1, -0.05) is 44.2 Å². The first-order valence-electron chi connectivity index (χ1n) is 7.28. The smallest absolute Gasteiger partial charge is 0.335 e. The number of carboxylic acids is 1. The molecule has 0 aromatic heterocycles. The molecule has 0 amide bonds. The minimum atomic E-state index is -0.857. The molecule has 0 radical (unpaired) electrons. The molecule has 0 saturated heterocycles. The largest absolute Gasteiger partial charge is 0.478 e. The Morgan fingerprint density at radius 1 is 1.26 bits per heavy atom. The van der Waals surface area contributed by atoms with Crippen LogP contribution in [0.3, 0.4) is 0 Å². The van der Waals surface area contributed by atoms with E-state index >= 15 is 0 Å². The Labute approximate surface area is 115 Å². The molecule has 1 saturated carbocycles. The quantitative estimate of drug-likeness (QED) is 0.771. The van der Waals surface area contributed by atoms with Gasteiger partial charge in [-0.2, -0.15) is 0 Å². The Morgan fingerprint density at radius 3 is 2.79 bits per heavy atom. The maximum atomic E-state index is 10.9. The van der Waals surface area contributed by atoms with Crippen LogP contribution >= 0.6 is 0 Å². The van der Waals surface area contributed by atoms with E-state index in [9.17, 15) is 4.79 Å². The van der Waals surface area contributed by atoms with E-state index in [4.69, 9.17) is 5.11 Å². The Bertz CT molecular complexity index is 411. The lowest BCUT2D eigenvalue weighted by atomic mass is 9.87. The van der Waals surface area contributed by atoms with Crippen LogP contribution in [0.25, 0.3) is 0 Å². The van der Waals surface area contributed by atoms with Crippen molar-refractivity contribution in [3.63, 3.8) is 0 Å². The van der Waals surface area contributed by atoms with E-state index in [0.717, 1.165) is 24.6 Å². The van der Waals surface area contributed by atoms with Gasteiger partial charge in [-0.05, 0) is 36.6 Å². The predicted molar refractivity (Wildman–Crippen MR) is 76.3 cm³/mol. The van der Waals surface area contributed by atoms with E-state index in [2.05, 4.69) is 5.32 Å². The highest BCUT2D eigenvalue weighted by Crippen LogP contribution is 2.25. The molecular formula is C16H23NO2. The maximum Gasteiger partial charge on any atom is 0.335 e. The zero-order chi connectivity index (χ0) is 13.5. The summed E-state index contributed by atoms with van der Waals surface area (Å²) in [6.45, 7) is 1.79. The van der Waals surface area contributed by atoms with Crippen LogP contribution in [0, 0.1) is 5.92 Å². The van der Waals surface area contributed by atoms with Crippen LogP contribution in [-0.4, -0.2) is 17.6 Å². The summed E-state index contributed by atoms with van der Waals surface area (Å²) >= 11 is 0. The first kappa shape index (κ1) is 14.1. The van der Waals surface area contributed by atoms with Gasteiger partial charge < -0.3 is 10.4 Å². The monoisotopic (exact) mass is 261 g/mol. The molecule has 0 heterocycles. The van der Waals surface area contributed by atoms with Gasteiger partial charge in [-0.15, -0.1) is 0 Å². The molecule has 19 heavy (non-hydrogen) atoms. The molecule has 3 heteroatoms. The second-order valence-corrected chi connectivity index (χ2v) is 5.48. The molecule has 0 unspecified atom stereocenters. The predicted octanol–water partition coefficient (Wildman–Crippen LogP) is 3.44. The van der Waals surface area contributed by atoms with Crippen molar-refractivity contribution in [2.45, 2.75) is 45.1 Å². The number of hydrogen-bond acceptors (Lipinski definition) is 2. The van der Waals surface area contributed by atoms with Crippen LogP contribution in [0.5, 0.6) is 0 Å². The van der Waals surface area contributed by atoms with Gasteiger partial charge in [0.15, 0.2) is 0 Å². The minimum Gasteiger partial charge on any atom is -0.478 e. The zero-order valence-corrected chi connectivity index (χ0v) is 11.4. The Kier molecular flexibility index (Phi) is 5.40. The number of aromatic carboxylic acids is 1. The molecule has 1 aliphatic rings. The Balaban J connectivity index is 1.70. The third kappa shape index (κ3) is 4.67. The van der Waals surface area contributed by atoms with Gasteiger partial charge in [-0.3, -0.25) is 0 Å². The van der Waals surface area contributed by atoms with Crippen LogP contribution in [0.4, 0.5) is 0 Å². The van der Waals surface area contributed by atoms with Crippen molar-refractivity contribution in [3.8, 4) is 0 Å². The van der Waals surface area contributed by atoms with E-state index in [0.29, 0.717) is 5.56 Å². The summed E-state index contributed by atoms with van der Waals surface area (Å²) in [5, 5.41) is 12.4. The lowest BCUT2D eigenvalue weighted by Gasteiger charge is -2.21. The summed E-state index contributed by atoms with van der Waals surface area (Å²) in [5.74, 6) is 0.0376. The third-order valence-corrected chi connectivity index (χ3v) is 3.96. The second kappa shape index (κ2) is 7.29. The molecule has 1 aromatic carbocycles. The normalized spacial score (nSPS) is 16.4. The van der Waals surface area contributed by atoms with Gasteiger partial charge >= 0.3 is 5.97 Å². The Morgan fingerprint density at radius 2 is 2.05 bits per heavy atom. The van der Waals surface area contributed by atoms with Gasteiger partial charge in [0.1, 0.15) is 0 Å². The summed E-state index contributed by atoms with van der Waals surface area (Å²) in [6.07, 6.45) is 8.22. The molecule has 3 nitrogen and oxygen atoms in total. The van der Waals surface area contributed by atoms with Gasteiger partial charge in [-0.25, -0.2) is 4.79 Å². The molecule has 0 bridgehead atoms. The number of carboxylic acid groups (broad SMARTS) is 1. The van der Waals surface area contributed by atoms with E-state index in [1.807, 2.05) is 12.1 Å². The van der Waals surface area contributed by atoms with Crippen molar-refractivity contribution in [2.24, 2.45) is 5.92 Å². The van der Waals surface area contributed by atoms with Crippen molar-refractivity contribution in [1.82, 2.24) is 5.32 Å². The van der Waals surface area contributed by atoms with Crippen LogP contribution < -0.4 is 5.32 Å². The number of rotatable bonds is 6. The maximum absolute atomic E-state index is 10.9. The topological polar surface area (TPSA) is 49.3 Å². The van der Waals surface area contributed by atoms with E-state index < -0.39 is 5.97 Å². The van der Waals surface area contributed by atoms with Gasteiger partial charge in [0.05, 0.1) is 5.56 Å². The summed E-state index contributed by atoms with van der Waals surface area (Å²) in [7, 11) is 0. The van der Waals surface area contributed by atoms with Crippen molar-refractivity contribution < 1.29 is 9.90 Å². The van der Waals surface area contributed by atoms with Crippen molar-refractivity contribution in [2.75, 3.05) is 6.54 Å². The summed E-state index contributed by atoms with van der Waals surface area (Å²) in [5.41, 5.74) is 1.41. The first-order chi connectivity index (χ1) is 9.25. The van der Waals surface area contributed by atoms with Crippen molar-refractivity contribution >= 4 is 5.97 Å². The zero-order valence-electron chi connectivity index (χ0n) is 11.4. The lowest BCUT2D eigenvalue weighted by Crippen LogP contribution is -2.19. The molecule has 0 aliphatic heterocycles. The number of nitrogens with one attached hydrogen (secondary N) is 1. The highest BCUT2D eigenvalue weighted by molar-refractivity contribution is 5.87. The Hall–Kier alpha value is -1.35. The lowest BCUT2D eigenvalue weighted by molar-refractivity contribution is 0.0696. The van der Waals surface area contributed by atoms with E-state index in [-0.39, 0.29) is 0 Å². The molecule has 2 rings (SSSR count). The number of benzene rings is 1. The fourth-order valence-corrected chi connectivity index (χ4v) is 2.83. The van der Waals surface area contributed by atoms with Crippen LogP contribution in [0.2, 0.25) is 0 Å². The fourth-order valence-electron chi connectivity index (χ4n) is 2.83. The number of hydrogen-bond donors (Lipinski definition) is 2. The molecule has 1 fully saturated rings. The second-order valence-electron chi connectivity index (χ2n) is 5.48.